The zero-order valence-corrected chi connectivity index (χ0v) is 10.3. The predicted molar refractivity (Wildman–Crippen MR) is 58.7 cm³/mol. The van der Waals surface area contributed by atoms with Gasteiger partial charge in [0.05, 0.1) is 12.3 Å². The van der Waals surface area contributed by atoms with E-state index in [9.17, 15) is 18.0 Å². The van der Waals surface area contributed by atoms with E-state index in [1.807, 2.05) is 0 Å². The molecule has 10 heteroatoms. The van der Waals surface area contributed by atoms with Crippen LogP contribution in [0.15, 0.2) is 5.16 Å². The van der Waals surface area contributed by atoms with Crippen LogP contribution in [-0.2, 0) is 18.4 Å². The van der Waals surface area contributed by atoms with Gasteiger partial charge in [-0.2, -0.15) is 13.2 Å². The number of alkyl halides is 3. The minimum Gasteiger partial charge on any atom is -0.346 e. The first-order valence-corrected chi connectivity index (χ1v) is 5.86. The lowest BCUT2D eigenvalue weighted by Gasteiger charge is -2.07. The molecule has 0 aliphatic carbocycles. The summed E-state index contributed by atoms with van der Waals surface area (Å²) in [6.07, 6.45) is -4.40. The predicted octanol–water partition coefficient (Wildman–Crippen LogP) is 0.0444. The summed E-state index contributed by atoms with van der Waals surface area (Å²) in [6.45, 7) is -1.14. The monoisotopic (exact) mass is 283 g/mol. The summed E-state index contributed by atoms with van der Waals surface area (Å²) in [6, 6.07) is 0. The number of nitrogens with two attached hydrogens (primary N) is 1. The second-order valence-corrected chi connectivity index (χ2v) is 4.29. The van der Waals surface area contributed by atoms with Gasteiger partial charge in [-0.3, -0.25) is 4.79 Å². The van der Waals surface area contributed by atoms with Crippen LogP contribution in [0.1, 0.15) is 5.82 Å². The lowest BCUT2D eigenvalue weighted by Crippen LogP contribution is -2.34. The first-order chi connectivity index (χ1) is 8.33. The highest BCUT2D eigenvalue weighted by molar-refractivity contribution is 7.99. The third-order valence-electron chi connectivity index (χ3n) is 1.93. The Morgan fingerprint density at radius 3 is 2.67 bits per heavy atom. The summed E-state index contributed by atoms with van der Waals surface area (Å²) in [4.78, 5) is 11.1. The molecule has 1 aromatic heterocycles. The van der Waals surface area contributed by atoms with Gasteiger partial charge in [0.1, 0.15) is 12.4 Å². The highest BCUT2D eigenvalue weighted by atomic mass is 32.2. The van der Waals surface area contributed by atoms with Crippen LogP contribution < -0.4 is 11.1 Å². The maximum atomic E-state index is 11.8. The maximum absolute atomic E-state index is 11.8. The van der Waals surface area contributed by atoms with Gasteiger partial charge < -0.3 is 15.6 Å². The van der Waals surface area contributed by atoms with Crippen molar-refractivity contribution in [1.29, 1.82) is 0 Å². The Balaban J connectivity index is 2.40. The third kappa shape index (κ3) is 4.53. The van der Waals surface area contributed by atoms with Gasteiger partial charge in [0.15, 0.2) is 5.16 Å². The topological polar surface area (TPSA) is 85.8 Å². The lowest BCUT2D eigenvalue weighted by molar-refractivity contribution is -0.136. The highest BCUT2D eigenvalue weighted by Gasteiger charge is 2.27. The molecule has 0 saturated carbocycles. The summed E-state index contributed by atoms with van der Waals surface area (Å²) in [5, 5.41) is 9.71. The summed E-state index contributed by atoms with van der Waals surface area (Å²) in [5.41, 5.74) is 5.38. The summed E-state index contributed by atoms with van der Waals surface area (Å²) in [5.74, 6) is -0.338. The number of amides is 1. The molecule has 0 atom stereocenters. The average Bonchev–Trinajstić information content (AvgIpc) is 2.64. The lowest BCUT2D eigenvalue weighted by atomic mass is 10.6. The SMILES string of the molecule is Cn1c(CN)nnc1SCC(=O)NCC(F)(F)F. The number of hydrogen-bond donors (Lipinski definition) is 2. The number of rotatable bonds is 5. The van der Waals surface area contributed by atoms with Crippen molar-refractivity contribution in [2.75, 3.05) is 12.3 Å². The van der Waals surface area contributed by atoms with Crippen molar-refractivity contribution in [3.63, 3.8) is 0 Å². The molecule has 0 saturated heterocycles. The largest absolute Gasteiger partial charge is 0.405 e. The Bertz CT molecular complexity index is 419. The number of carbonyl (C=O) groups is 1. The number of nitrogens with zero attached hydrogens (tertiary/aromatic N) is 3. The van der Waals surface area contributed by atoms with Crippen molar-refractivity contribution in [2.45, 2.75) is 17.9 Å². The highest BCUT2D eigenvalue weighted by Crippen LogP contribution is 2.16. The fourth-order valence-corrected chi connectivity index (χ4v) is 1.79. The van der Waals surface area contributed by atoms with Crippen LogP contribution in [0, 0.1) is 0 Å². The van der Waals surface area contributed by atoms with Crippen molar-refractivity contribution in [3.05, 3.63) is 5.82 Å². The summed E-state index contributed by atoms with van der Waals surface area (Å²) < 4.78 is 37.1. The zero-order chi connectivity index (χ0) is 13.8. The van der Waals surface area contributed by atoms with Gasteiger partial charge in [0, 0.05) is 7.05 Å². The second kappa shape index (κ2) is 6.05. The van der Waals surface area contributed by atoms with Crippen LogP contribution in [0.4, 0.5) is 13.2 Å². The van der Waals surface area contributed by atoms with E-state index in [1.54, 1.807) is 16.9 Å². The van der Waals surface area contributed by atoms with Crippen LogP contribution in [0.2, 0.25) is 0 Å². The van der Waals surface area contributed by atoms with E-state index < -0.39 is 18.6 Å². The van der Waals surface area contributed by atoms with Gasteiger partial charge in [0.2, 0.25) is 5.91 Å². The van der Waals surface area contributed by atoms with Gasteiger partial charge in [-0.15, -0.1) is 10.2 Å². The minimum absolute atomic E-state index is 0.160. The normalized spacial score (nSPS) is 11.6. The smallest absolute Gasteiger partial charge is 0.346 e. The standard InChI is InChI=1S/C8H12F3N5OS/c1-16-5(2-12)14-15-7(16)18-3-6(17)13-4-8(9,10)11/h2-4,12H2,1H3,(H,13,17). The van der Waals surface area contributed by atoms with E-state index in [-0.39, 0.29) is 12.3 Å². The van der Waals surface area contributed by atoms with Gasteiger partial charge >= 0.3 is 6.18 Å². The molecule has 0 radical (unpaired) electrons. The molecule has 3 N–H and O–H groups in total. The molecule has 0 bridgehead atoms. The number of nitrogens with one attached hydrogen (secondary N) is 1. The Morgan fingerprint density at radius 1 is 1.50 bits per heavy atom. The van der Waals surface area contributed by atoms with Crippen LogP contribution in [0.25, 0.3) is 0 Å². The van der Waals surface area contributed by atoms with E-state index in [1.165, 1.54) is 0 Å². The molecule has 0 spiro atoms. The molecule has 0 aromatic carbocycles. The summed E-state index contributed by atoms with van der Waals surface area (Å²) in [7, 11) is 1.66. The Morgan fingerprint density at radius 2 is 2.17 bits per heavy atom. The number of hydrogen-bond acceptors (Lipinski definition) is 5. The maximum Gasteiger partial charge on any atom is 0.405 e. The number of aromatic nitrogens is 3. The molecule has 0 fully saturated rings. The second-order valence-electron chi connectivity index (χ2n) is 3.34. The first-order valence-electron chi connectivity index (χ1n) is 4.88. The third-order valence-corrected chi connectivity index (χ3v) is 2.95. The molecular formula is C8H12F3N5OS. The molecule has 1 heterocycles. The molecule has 1 rings (SSSR count). The summed E-state index contributed by atoms with van der Waals surface area (Å²) >= 11 is 0.996. The van der Waals surface area contributed by atoms with Gasteiger partial charge in [-0.1, -0.05) is 11.8 Å². The van der Waals surface area contributed by atoms with Gasteiger partial charge in [-0.25, -0.2) is 0 Å². The molecule has 18 heavy (non-hydrogen) atoms. The number of thioether (sulfide) groups is 1. The Labute approximate surface area is 105 Å². The van der Waals surface area contributed by atoms with Crippen molar-refractivity contribution >= 4 is 17.7 Å². The molecule has 6 nitrogen and oxygen atoms in total. The van der Waals surface area contributed by atoms with E-state index in [0.29, 0.717) is 11.0 Å². The fourth-order valence-electron chi connectivity index (χ4n) is 1.03. The van der Waals surface area contributed by atoms with Crippen LogP contribution in [0.5, 0.6) is 0 Å². The first kappa shape index (κ1) is 14.8. The van der Waals surface area contributed by atoms with Crippen LogP contribution >= 0.6 is 11.8 Å². The zero-order valence-electron chi connectivity index (χ0n) is 9.49. The molecule has 0 aliphatic heterocycles. The van der Waals surface area contributed by atoms with Crippen molar-refractivity contribution in [1.82, 2.24) is 20.1 Å². The van der Waals surface area contributed by atoms with Crippen LogP contribution in [0.3, 0.4) is 0 Å². The van der Waals surface area contributed by atoms with Crippen LogP contribution in [-0.4, -0.2) is 39.1 Å². The quantitative estimate of drug-likeness (QED) is 0.745. The number of halogens is 3. The molecule has 1 amide bonds. The average molecular weight is 283 g/mol. The van der Waals surface area contributed by atoms with E-state index in [4.69, 9.17) is 5.73 Å². The Kier molecular flexibility index (Phi) is 4.96. The molecule has 0 aliphatic rings. The van der Waals surface area contributed by atoms with E-state index >= 15 is 0 Å². The van der Waals surface area contributed by atoms with E-state index in [0.717, 1.165) is 11.8 Å². The van der Waals surface area contributed by atoms with Crippen molar-refractivity contribution in [2.24, 2.45) is 12.8 Å². The fraction of sp³-hybridized carbons (Fsp3) is 0.625. The van der Waals surface area contributed by atoms with Gasteiger partial charge in [-0.05, 0) is 0 Å². The minimum atomic E-state index is -4.40. The van der Waals surface area contributed by atoms with E-state index in [2.05, 4.69) is 10.2 Å². The Hall–Kier alpha value is -1.29. The van der Waals surface area contributed by atoms with Crippen molar-refractivity contribution in [3.8, 4) is 0 Å². The molecule has 0 unspecified atom stereocenters. The number of carbonyl (C=O) groups excluding carboxylic acids is 1. The van der Waals surface area contributed by atoms with Gasteiger partial charge in [0.25, 0.3) is 0 Å². The molecule has 102 valence electrons. The molecular weight excluding hydrogens is 271 g/mol. The van der Waals surface area contributed by atoms with Crippen molar-refractivity contribution < 1.29 is 18.0 Å². The molecule has 1 aromatic rings.